The Hall–Kier alpha value is -2.52. The summed E-state index contributed by atoms with van der Waals surface area (Å²) < 4.78 is 34.7. The molecule has 9 heteroatoms. The summed E-state index contributed by atoms with van der Waals surface area (Å²) in [6.07, 6.45) is 4.50. The molecular weight excluding hydrogens is 362 g/mol. The number of amides is 2. The van der Waals surface area contributed by atoms with Gasteiger partial charge in [0.05, 0.1) is 24.5 Å². The van der Waals surface area contributed by atoms with Gasteiger partial charge in [0.15, 0.2) is 0 Å². The monoisotopic (exact) mass is 377 g/mol. The number of carbonyl (C=O) groups is 3. The van der Waals surface area contributed by atoms with E-state index in [1.54, 1.807) is 0 Å². The zero-order valence-electron chi connectivity index (χ0n) is 13.7. The summed E-state index contributed by atoms with van der Waals surface area (Å²) in [6, 6.07) is 5.27. The van der Waals surface area contributed by atoms with E-state index >= 15 is 0 Å². The van der Waals surface area contributed by atoms with Gasteiger partial charge in [0.1, 0.15) is 4.90 Å². The summed E-state index contributed by atoms with van der Waals surface area (Å²) in [6.45, 7) is 0. The molecule has 0 spiro atoms. The molecule has 8 nitrogen and oxygen atoms in total. The Labute approximate surface area is 149 Å². The quantitative estimate of drug-likeness (QED) is 0.436. The largest absolute Gasteiger partial charge is 0.465 e. The van der Waals surface area contributed by atoms with Gasteiger partial charge in [-0.2, -0.15) is 8.42 Å². The second kappa shape index (κ2) is 5.75. The van der Waals surface area contributed by atoms with Crippen LogP contribution in [0, 0.1) is 23.7 Å². The number of benzene rings is 1. The van der Waals surface area contributed by atoms with Gasteiger partial charge in [0.25, 0.3) is 11.8 Å². The number of methoxy groups -OCH3 is 1. The molecule has 0 radical (unpaired) electrons. The fourth-order valence-corrected chi connectivity index (χ4v) is 5.14. The molecule has 2 aliphatic carbocycles. The minimum Gasteiger partial charge on any atom is -0.465 e. The van der Waals surface area contributed by atoms with Crippen LogP contribution in [0.3, 0.4) is 0 Å². The summed E-state index contributed by atoms with van der Waals surface area (Å²) in [7, 11) is -3.46. The van der Waals surface area contributed by atoms with Crippen molar-refractivity contribution < 1.29 is 31.8 Å². The van der Waals surface area contributed by atoms with Crippen LogP contribution >= 0.6 is 0 Å². The van der Waals surface area contributed by atoms with E-state index in [1.807, 2.05) is 12.2 Å². The highest BCUT2D eigenvalue weighted by atomic mass is 32.2. The Bertz CT molecular complexity index is 922. The molecule has 3 aliphatic rings. The van der Waals surface area contributed by atoms with Gasteiger partial charge >= 0.3 is 16.1 Å². The lowest BCUT2D eigenvalue weighted by Crippen LogP contribution is -2.35. The van der Waals surface area contributed by atoms with Crippen molar-refractivity contribution in [3.05, 3.63) is 42.0 Å². The zero-order chi connectivity index (χ0) is 18.6. The molecule has 1 aromatic carbocycles. The van der Waals surface area contributed by atoms with Gasteiger partial charge in [-0.1, -0.05) is 24.3 Å². The number of esters is 1. The highest BCUT2D eigenvalue weighted by molar-refractivity contribution is 7.86. The van der Waals surface area contributed by atoms with Crippen LogP contribution in [0.4, 0.5) is 0 Å². The first-order chi connectivity index (χ1) is 12.3. The number of rotatable bonds is 4. The van der Waals surface area contributed by atoms with Crippen molar-refractivity contribution in [3.63, 3.8) is 0 Å². The summed E-state index contributed by atoms with van der Waals surface area (Å²) in [4.78, 5) is 36.5. The predicted octanol–water partition coefficient (Wildman–Crippen LogP) is 0.901. The molecule has 26 heavy (non-hydrogen) atoms. The van der Waals surface area contributed by atoms with Crippen molar-refractivity contribution in [1.82, 2.24) is 5.06 Å². The van der Waals surface area contributed by atoms with E-state index in [9.17, 15) is 22.8 Å². The Kier molecular flexibility index (Phi) is 3.74. The van der Waals surface area contributed by atoms with E-state index in [0.717, 1.165) is 19.6 Å². The topological polar surface area (TPSA) is 107 Å². The number of carbonyl (C=O) groups excluding carboxylic acids is 3. The minimum atomic E-state index is -4.58. The first-order valence-electron chi connectivity index (χ1n) is 8.03. The molecule has 4 unspecified atom stereocenters. The van der Waals surface area contributed by atoms with E-state index in [-0.39, 0.29) is 17.4 Å². The number of ether oxygens (including phenoxy) is 1. The highest BCUT2D eigenvalue weighted by Gasteiger charge is 2.61. The highest BCUT2D eigenvalue weighted by Crippen LogP contribution is 2.52. The van der Waals surface area contributed by atoms with Crippen LogP contribution < -0.4 is 0 Å². The maximum absolute atomic E-state index is 12.6. The number of nitrogens with zero attached hydrogens (tertiary/aromatic N) is 1. The Balaban J connectivity index is 1.65. The number of hydroxylamine groups is 2. The summed E-state index contributed by atoms with van der Waals surface area (Å²) >= 11 is 0. The van der Waals surface area contributed by atoms with Crippen LogP contribution in [0.1, 0.15) is 16.8 Å². The molecule has 4 atom stereocenters. The lowest BCUT2D eigenvalue weighted by molar-refractivity contribution is -0.166. The summed E-state index contributed by atoms with van der Waals surface area (Å²) in [5.74, 6) is -3.48. The van der Waals surface area contributed by atoms with Crippen molar-refractivity contribution in [3.8, 4) is 0 Å². The van der Waals surface area contributed by atoms with Gasteiger partial charge in [-0.05, 0) is 30.4 Å². The Morgan fingerprint density at radius 3 is 2.23 bits per heavy atom. The van der Waals surface area contributed by atoms with Crippen molar-refractivity contribution in [2.75, 3.05) is 7.11 Å². The van der Waals surface area contributed by atoms with Crippen LogP contribution in [-0.2, 0) is 28.7 Å². The van der Waals surface area contributed by atoms with E-state index in [2.05, 4.69) is 4.74 Å². The van der Waals surface area contributed by atoms with Crippen molar-refractivity contribution in [1.29, 1.82) is 0 Å². The molecule has 0 N–H and O–H groups in total. The molecule has 2 fully saturated rings. The third-order valence-corrected chi connectivity index (χ3v) is 6.40. The van der Waals surface area contributed by atoms with Crippen LogP contribution in [0.2, 0.25) is 0 Å². The van der Waals surface area contributed by atoms with Gasteiger partial charge in [-0.25, -0.2) is 4.79 Å². The van der Waals surface area contributed by atoms with E-state index in [4.69, 9.17) is 4.28 Å². The van der Waals surface area contributed by atoms with Gasteiger partial charge in [0, 0.05) is 0 Å². The molecular formula is C17H15NO7S. The lowest BCUT2D eigenvalue weighted by atomic mass is 9.85. The fourth-order valence-electron chi connectivity index (χ4n) is 4.05. The molecule has 1 saturated heterocycles. The van der Waals surface area contributed by atoms with Crippen LogP contribution in [0.25, 0.3) is 0 Å². The zero-order valence-corrected chi connectivity index (χ0v) is 14.5. The third kappa shape index (κ3) is 2.31. The van der Waals surface area contributed by atoms with Gasteiger partial charge < -0.3 is 4.74 Å². The van der Waals surface area contributed by atoms with Crippen LogP contribution in [0.15, 0.2) is 41.3 Å². The average molecular weight is 377 g/mol. The van der Waals surface area contributed by atoms with Crippen LogP contribution in [0.5, 0.6) is 0 Å². The van der Waals surface area contributed by atoms with E-state index in [1.165, 1.54) is 18.2 Å². The molecule has 1 aromatic rings. The molecule has 1 aliphatic heterocycles. The predicted molar refractivity (Wildman–Crippen MR) is 85.6 cm³/mol. The number of fused-ring (bicyclic) bond motifs is 5. The standard InChI is InChI=1S/C17H15NO7S/c1-24-17(21)11-4-2-3-5-12(11)26(22,23)25-18-15(19)13-9-6-7-10(8-9)14(13)16(18)20/h2-7,9-10,13-14H,8H2,1H3. The second-order valence-electron chi connectivity index (χ2n) is 6.49. The summed E-state index contributed by atoms with van der Waals surface area (Å²) in [5.41, 5.74) is -0.240. The molecule has 0 aromatic heterocycles. The van der Waals surface area contributed by atoms with Crippen LogP contribution in [-0.4, -0.2) is 38.4 Å². The molecule has 2 bridgehead atoms. The second-order valence-corrected chi connectivity index (χ2v) is 7.98. The normalized spacial score (nSPS) is 29.3. The SMILES string of the molecule is COC(=O)c1ccccc1S(=O)(=O)ON1C(=O)C2C3C=CC(C3)C2C1=O. The van der Waals surface area contributed by atoms with Crippen molar-refractivity contribution >= 4 is 27.9 Å². The fraction of sp³-hybridized carbons (Fsp3) is 0.353. The molecule has 4 rings (SSSR count). The van der Waals surface area contributed by atoms with Gasteiger partial charge in [-0.3, -0.25) is 9.59 Å². The molecule has 1 saturated carbocycles. The maximum atomic E-state index is 12.6. The third-order valence-electron chi connectivity index (χ3n) is 5.16. The van der Waals surface area contributed by atoms with Crippen molar-refractivity contribution in [2.24, 2.45) is 23.7 Å². The average Bonchev–Trinajstić information content (AvgIpc) is 3.31. The first kappa shape index (κ1) is 16.9. The van der Waals surface area contributed by atoms with Gasteiger partial charge in [0.2, 0.25) is 0 Å². The molecule has 1 heterocycles. The molecule has 2 amide bonds. The smallest absolute Gasteiger partial charge is 0.339 e. The first-order valence-corrected chi connectivity index (χ1v) is 9.44. The maximum Gasteiger partial charge on any atom is 0.339 e. The van der Waals surface area contributed by atoms with E-state index < -0.39 is 44.6 Å². The van der Waals surface area contributed by atoms with Crippen molar-refractivity contribution in [2.45, 2.75) is 11.3 Å². The summed E-state index contributed by atoms with van der Waals surface area (Å²) in [5, 5.41) is 0.338. The lowest BCUT2D eigenvalue weighted by Gasteiger charge is -2.16. The number of hydrogen-bond donors (Lipinski definition) is 0. The number of allylic oxidation sites excluding steroid dienone is 2. The minimum absolute atomic E-state index is 0.0693. The number of imide groups is 1. The molecule has 136 valence electrons. The van der Waals surface area contributed by atoms with E-state index in [0.29, 0.717) is 5.06 Å². The number of hydrogen-bond acceptors (Lipinski definition) is 7. The van der Waals surface area contributed by atoms with Gasteiger partial charge in [-0.15, -0.1) is 9.35 Å². The Morgan fingerprint density at radius 2 is 1.65 bits per heavy atom. The Morgan fingerprint density at radius 1 is 1.08 bits per heavy atom.